The number of anilines is 3. The Hall–Kier alpha value is -1.62. The number of hydrogen-bond acceptors (Lipinski definition) is 4. The molecule has 4 nitrogen and oxygen atoms in total. The molecule has 0 aliphatic carbocycles. The summed E-state index contributed by atoms with van der Waals surface area (Å²) in [5.41, 5.74) is 2.12. The van der Waals surface area contributed by atoms with Gasteiger partial charge in [-0.2, -0.15) is 0 Å². The molecule has 0 aliphatic heterocycles. The van der Waals surface area contributed by atoms with Crippen LogP contribution >= 0.6 is 15.9 Å². The molecule has 1 aromatic carbocycles. The van der Waals surface area contributed by atoms with Gasteiger partial charge >= 0.3 is 0 Å². The second-order valence-corrected chi connectivity index (χ2v) is 4.98. The molecule has 0 amide bonds. The van der Waals surface area contributed by atoms with Gasteiger partial charge in [-0.15, -0.1) is 0 Å². The minimum Gasteiger partial charge on any atom is -0.370 e. The first kappa shape index (κ1) is 13.8. The van der Waals surface area contributed by atoms with Crippen LogP contribution in [-0.2, 0) is 6.42 Å². The Labute approximate surface area is 121 Å². The summed E-state index contributed by atoms with van der Waals surface area (Å²) in [5, 5.41) is 6.60. The molecule has 0 saturated carbocycles. The van der Waals surface area contributed by atoms with Crippen molar-refractivity contribution < 1.29 is 0 Å². The van der Waals surface area contributed by atoms with Gasteiger partial charge in [0.1, 0.15) is 18.0 Å². The summed E-state index contributed by atoms with van der Waals surface area (Å²) in [6, 6.07) is 8.03. The van der Waals surface area contributed by atoms with Crippen LogP contribution in [-0.4, -0.2) is 16.5 Å². The van der Waals surface area contributed by atoms with E-state index in [1.165, 1.54) is 0 Å². The Kier molecular flexibility index (Phi) is 4.74. The fraction of sp³-hybridized carbons (Fsp3) is 0.286. The van der Waals surface area contributed by atoms with Gasteiger partial charge in [0.2, 0.25) is 0 Å². The number of aromatic nitrogens is 2. The van der Waals surface area contributed by atoms with E-state index < -0.39 is 0 Å². The van der Waals surface area contributed by atoms with Crippen molar-refractivity contribution in [2.24, 2.45) is 0 Å². The highest BCUT2D eigenvalue weighted by molar-refractivity contribution is 9.10. The van der Waals surface area contributed by atoms with Crippen LogP contribution in [0, 0.1) is 0 Å². The second-order valence-electron chi connectivity index (χ2n) is 4.07. The van der Waals surface area contributed by atoms with Crippen molar-refractivity contribution in [3.63, 3.8) is 0 Å². The third-order valence-corrected chi connectivity index (χ3v) is 3.28. The minimum atomic E-state index is 0.849. The first-order chi connectivity index (χ1) is 9.24. The van der Waals surface area contributed by atoms with E-state index in [2.05, 4.69) is 50.4 Å². The van der Waals surface area contributed by atoms with Crippen LogP contribution in [0.25, 0.3) is 0 Å². The lowest BCUT2D eigenvalue weighted by atomic mass is 10.2. The maximum absolute atomic E-state index is 4.34. The van der Waals surface area contributed by atoms with E-state index in [0.29, 0.717) is 0 Å². The minimum absolute atomic E-state index is 0.849. The lowest BCUT2D eigenvalue weighted by Crippen LogP contribution is -2.07. The molecule has 1 heterocycles. The normalized spacial score (nSPS) is 10.3. The molecule has 19 heavy (non-hydrogen) atoms. The first-order valence-corrected chi connectivity index (χ1v) is 7.14. The van der Waals surface area contributed by atoms with Gasteiger partial charge in [-0.25, -0.2) is 9.97 Å². The molecule has 2 N–H and O–H groups in total. The smallest absolute Gasteiger partial charge is 0.139 e. The zero-order chi connectivity index (χ0) is 13.7. The molecule has 0 radical (unpaired) electrons. The van der Waals surface area contributed by atoms with Gasteiger partial charge in [-0.05, 0) is 37.6 Å². The summed E-state index contributed by atoms with van der Waals surface area (Å²) in [5.74, 6) is 1.76. The van der Waals surface area contributed by atoms with Crippen LogP contribution in [0.3, 0.4) is 0 Å². The number of benzene rings is 1. The molecule has 0 fully saturated rings. The molecule has 0 unspecified atom stereocenters. The molecule has 0 atom stereocenters. The standard InChI is InChI=1S/C14H17BrN4/c1-3-12-13(16-4-2)17-9-18-14(12)19-11-7-5-10(15)6-8-11/h5-9H,3-4H2,1-2H3,(H2,16,17,18,19). The molecule has 0 aliphatic rings. The van der Waals surface area contributed by atoms with Gasteiger partial charge in [0, 0.05) is 22.3 Å². The van der Waals surface area contributed by atoms with Crippen LogP contribution in [0.5, 0.6) is 0 Å². The number of nitrogens with zero attached hydrogens (tertiary/aromatic N) is 2. The van der Waals surface area contributed by atoms with Crippen LogP contribution in [0.1, 0.15) is 19.4 Å². The predicted molar refractivity (Wildman–Crippen MR) is 83.0 cm³/mol. The Morgan fingerprint density at radius 2 is 1.74 bits per heavy atom. The molecule has 2 rings (SSSR count). The molecule has 1 aromatic heterocycles. The molecule has 100 valence electrons. The molecule has 0 bridgehead atoms. The maximum Gasteiger partial charge on any atom is 0.139 e. The summed E-state index contributed by atoms with van der Waals surface area (Å²) in [7, 11) is 0. The van der Waals surface area contributed by atoms with Gasteiger partial charge in [-0.1, -0.05) is 22.9 Å². The van der Waals surface area contributed by atoms with Crippen LogP contribution in [0.2, 0.25) is 0 Å². The fourth-order valence-electron chi connectivity index (χ4n) is 1.84. The van der Waals surface area contributed by atoms with Crippen molar-refractivity contribution in [2.45, 2.75) is 20.3 Å². The van der Waals surface area contributed by atoms with E-state index in [4.69, 9.17) is 0 Å². The first-order valence-electron chi connectivity index (χ1n) is 6.35. The highest BCUT2D eigenvalue weighted by atomic mass is 79.9. The summed E-state index contributed by atoms with van der Waals surface area (Å²) >= 11 is 3.43. The van der Waals surface area contributed by atoms with Crippen molar-refractivity contribution in [1.29, 1.82) is 0 Å². The SMILES string of the molecule is CCNc1ncnc(Nc2ccc(Br)cc2)c1CC. The number of nitrogens with one attached hydrogen (secondary N) is 2. The third-order valence-electron chi connectivity index (χ3n) is 2.75. The lowest BCUT2D eigenvalue weighted by molar-refractivity contribution is 1.03. The summed E-state index contributed by atoms with van der Waals surface area (Å²) in [6.45, 7) is 5.01. The maximum atomic E-state index is 4.34. The van der Waals surface area contributed by atoms with Crippen LogP contribution in [0.15, 0.2) is 35.1 Å². The Morgan fingerprint density at radius 1 is 1.05 bits per heavy atom. The van der Waals surface area contributed by atoms with Gasteiger partial charge in [0.25, 0.3) is 0 Å². The van der Waals surface area contributed by atoms with E-state index >= 15 is 0 Å². The number of rotatable bonds is 5. The second kappa shape index (κ2) is 6.52. The summed E-state index contributed by atoms with van der Waals surface area (Å²) in [4.78, 5) is 8.62. The largest absolute Gasteiger partial charge is 0.370 e. The third kappa shape index (κ3) is 3.44. The predicted octanol–water partition coefficient (Wildman–Crippen LogP) is 3.98. The van der Waals surface area contributed by atoms with Crippen molar-refractivity contribution in [2.75, 3.05) is 17.2 Å². The van der Waals surface area contributed by atoms with Crippen molar-refractivity contribution in [3.05, 3.63) is 40.6 Å². The van der Waals surface area contributed by atoms with Crippen LogP contribution < -0.4 is 10.6 Å². The molecule has 0 spiro atoms. The topological polar surface area (TPSA) is 49.8 Å². The highest BCUT2D eigenvalue weighted by Crippen LogP contribution is 2.24. The van der Waals surface area contributed by atoms with E-state index in [9.17, 15) is 0 Å². The zero-order valence-electron chi connectivity index (χ0n) is 11.1. The van der Waals surface area contributed by atoms with Crippen molar-refractivity contribution >= 4 is 33.3 Å². The average molecular weight is 321 g/mol. The van der Waals surface area contributed by atoms with Gasteiger partial charge in [0.05, 0.1) is 0 Å². The number of hydrogen-bond donors (Lipinski definition) is 2. The molecule has 0 saturated heterocycles. The highest BCUT2D eigenvalue weighted by Gasteiger charge is 2.09. The Morgan fingerprint density at radius 3 is 2.37 bits per heavy atom. The molecule has 2 aromatic rings. The quantitative estimate of drug-likeness (QED) is 0.875. The molecular formula is C14H17BrN4. The summed E-state index contributed by atoms with van der Waals surface area (Å²) in [6.07, 6.45) is 2.46. The molecular weight excluding hydrogens is 304 g/mol. The zero-order valence-corrected chi connectivity index (χ0v) is 12.7. The number of halogens is 1. The van der Waals surface area contributed by atoms with E-state index in [0.717, 1.165) is 40.3 Å². The van der Waals surface area contributed by atoms with Crippen molar-refractivity contribution in [1.82, 2.24) is 9.97 Å². The monoisotopic (exact) mass is 320 g/mol. The summed E-state index contributed by atoms with van der Waals surface area (Å²) < 4.78 is 1.06. The molecule has 5 heteroatoms. The average Bonchev–Trinajstić information content (AvgIpc) is 2.42. The van der Waals surface area contributed by atoms with E-state index in [1.807, 2.05) is 24.3 Å². The lowest BCUT2D eigenvalue weighted by Gasteiger charge is -2.13. The van der Waals surface area contributed by atoms with Crippen molar-refractivity contribution in [3.8, 4) is 0 Å². The van der Waals surface area contributed by atoms with Gasteiger partial charge in [-0.3, -0.25) is 0 Å². The van der Waals surface area contributed by atoms with Crippen LogP contribution in [0.4, 0.5) is 17.3 Å². The fourth-order valence-corrected chi connectivity index (χ4v) is 2.11. The Bertz CT molecular complexity index is 540. The van der Waals surface area contributed by atoms with Gasteiger partial charge < -0.3 is 10.6 Å². The van der Waals surface area contributed by atoms with E-state index in [1.54, 1.807) is 6.33 Å². The van der Waals surface area contributed by atoms with E-state index in [-0.39, 0.29) is 0 Å². The van der Waals surface area contributed by atoms with Gasteiger partial charge in [0.15, 0.2) is 0 Å². The Balaban J connectivity index is 2.28.